The summed E-state index contributed by atoms with van der Waals surface area (Å²) in [6.07, 6.45) is -2.85. The lowest BCUT2D eigenvalue weighted by Gasteiger charge is -2.25. The van der Waals surface area contributed by atoms with Crippen molar-refractivity contribution in [3.05, 3.63) is 42.2 Å². The zero-order valence-electron chi connectivity index (χ0n) is 17.9. The third-order valence-corrected chi connectivity index (χ3v) is 5.76. The molecule has 0 amide bonds. The third-order valence-electron chi connectivity index (χ3n) is 5.76. The molecule has 4 rings (SSSR count). The molecular formula is C21H29ClN6O4. The summed E-state index contributed by atoms with van der Waals surface area (Å²) in [6.45, 7) is 5.11. The molecule has 11 heteroatoms. The van der Waals surface area contributed by atoms with Gasteiger partial charge in [-0.15, -0.1) is 12.4 Å². The molecule has 3 aromatic rings. The van der Waals surface area contributed by atoms with Crippen molar-refractivity contribution in [1.82, 2.24) is 19.5 Å². The van der Waals surface area contributed by atoms with Crippen molar-refractivity contribution in [2.45, 2.75) is 44.3 Å². The summed E-state index contributed by atoms with van der Waals surface area (Å²) in [5, 5.41) is 29.9. The smallest absolute Gasteiger partial charge is 0.229 e. The maximum Gasteiger partial charge on any atom is 0.229 e. The molecule has 1 fully saturated rings. The highest BCUT2D eigenvalue weighted by molar-refractivity contribution is 5.85. The first-order chi connectivity index (χ1) is 14.9. The normalized spacial score (nSPS) is 23.8. The van der Waals surface area contributed by atoms with Gasteiger partial charge in [0.2, 0.25) is 5.95 Å². The monoisotopic (exact) mass is 464 g/mol. The van der Waals surface area contributed by atoms with Crippen molar-refractivity contribution in [2.24, 2.45) is 0 Å². The first-order valence-electron chi connectivity index (χ1n) is 10.4. The molecule has 1 saturated heterocycles. The number of hydrogen-bond acceptors (Lipinski definition) is 9. The van der Waals surface area contributed by atoms with E-state index < -0.39 is 31.1 Å². The van der Waals surface area contributed by atoms with Crippen LogP contribution in [0.4, 0.5) is 11.8 Å². The lowest BCUT2D eigenvalue weighted by Crippen LogP contribution is -2.33. The van der Waals surface area contributed by atoms with E-state index in [1.54, 1.807) is 0 Å². The van der Waals surface area contributed by atoms with Crippen LogP contribution in [0.25, 0.3) is 11.2 Å². The van der Waals surface area contributed by atoms with Gasteiger partial charge in [-0.25, -0.2) is 4.98 Å². The molecule has 1 aliphatic rings. The Labute approximate surface area is 192 Å². The topological polar surface area (TPSA) is 143 Å². The van der Waals surface area contributed by atoms with Gasteiger partial charge in [0.15, 0.2) is 17.7 Å². The van der Waals surface area contributed by atoms with Crippen LogP contribution in [-0.4, -0.2) is 72.8 Å². The van der Waals surface area contributed by atoms with Crippen LogP contribution in [0.1, 0.15) is 31.6 Å². The fraction of sp³-hybridized carbons (Fsp3) is 0.476. The Kier molecular flexibility index (Phi) is 7.52. The van der Waals surface area contributed by atoms with Gasteiger partial charge in [0.25, 0.3) is 0 Å². The summed E-state index contributed by atoms with van der Waals surface area (Å²) >= 11 is 0. The number of anilines is 2. The van der Waals surface area contributed by atoms with Crippen LogP contribution in [0.5, 0.6) is 0 Å². The van der Waals surface area contributed by atoms with E-state index in [2.05, 4.69) is 34.0 Å². The van der Waals surface area contributed by atoms with E-state index in [1.165, 1.54) is 16.5 Å². The summed E-state index contributed by atoms with van der Waals surface area (Å²) < 4.78 is 7.16. The van der Waals surface area contributed by atoms with E-state index in [9.17, 15) is 15.3 Å². The summed E-state index contributed by atoms with van der Waals surface area (Å²) in [7, 11) is 0. The number of aliphatic hydroxyl groups is 3. The summed E-state index contributed by atoms with van der Waals surface area (Å²) in [6, 6.07) is 10.2. The molecule has 3 heterocycles. The zero-order chi connectivity index (χ0) is 22.1. The molecule has 0 saturated carbocycles. The van der Waals surface area contributed by atoms with Gasteiger partial charge in [-0.3, -0.25) is 4.57 Å². The molecule has 2 aromatic heterocycles. The lowest BCUT2D eigenvalue weighted by atomic mass is 10.0. The molecular weight excluding hydrogens is 436 g/mol. The van der Waals surface area contributed by atoms with Crippen LogP contribution in [0.2, 0.25) is 0 Å². The number of hydrogen-bond donors (Lipinski definition) is 4. The van der Waals surface area contributed by atoms with E-state index in [0.29, 0.717) is 30.2 Å². The quantitative estimate of drug-likeness (QED) is 0.403. The fourth-order valence-electron chi connectivity index (χ4n) is 3.93. The number of aromatic nitrogens is 4. The SMILES string of the molecule is CCN(C[C@@H](C)c1ccccc1)c1nc(N)c2ncn([C@@H]3O[C@H](CO)[C@@H](O)[C@H]3O)c2n1.Cl. The average molecular weight is 465 g/mol. The van der Waals surface area contributed by atoms with E-state index >= 15 is 0 Å². The zero-order valence-corrected chi connectivity index (χ0v) is 18.8. The van der Waals surface area contributed by atoms with E-state index in [1.807, 2.05) is 30.0 Å². The van der Waals surface area contributed by atoms with Gasteiger partial charge in [0.05, 0.1) is 12.9 Å². The predicted octanol–water partition coefficient (Wildman–Crippen LogP) is 1.07. The maximum absolute atomic E-state index is 10.4. The van der Waals surface area contributed by atoms with Crippen molar-refractivity contribution in [2.75, 3.05) is 30.3 Å². The molecule has 5 N–H and O–H groups in total. The van der Waals surface area contributed by atoms with E-state index in [-0.39, 0.29) is 24.1 Å². The molecule has 32 heavy (non-hydrogen) atoms. The first kappa shape index (κ1) is 24.1. The van der Waals surface area contributed by atoms with Crippen LogP contribution in [0.15, 0.2) is 36.7 Å². The van der Waals surface area contributed by atoms with Crippen molar-refractivity contribution < 1.29 is 20.1 Å². The second-order valence-corrected chi connectivity index (χ2v) is 7.81. The van der Waals surface area contributed by atoms with Crippen LogP contribution in [-0.2, 0) is 4.74 Å². The minimum Gasteiger partial charge on any atom is -0.394 e. The number of nitrogens with zero attached hydrogens (tertiary/aromatic N) is 5. The van der Waals surface area contributed by atoms with Gasteiger partial charge in [-0.05, 0) is 18.4 Å². The molecule has 0 radical (unpaired) electrons. The van der Waals surface area contributed by atoms with Gasteiger partial charge < -0.3 is 30.7 Å². The Hall–Kier alpha value is -2.50. The molecule has 174 valence electrons. The van der Waals surface area contributed by atoms with Crippen molar-refractivity contribution in [3.8, 4) is 0 Å². The van der Waals surface area contributed by atoms with Gasteiger partial charge in [-0.2, -0.15) is 9.97 Å². The number of nitrogen functional groups attached to an aromatic ring is 1. The lowest BCUT2D eigenvalue weighted by molar-refractivity contribution is -0.0511. The minimum absolute atomic E-state index is 0. The Morgan fingerprint density at radius 3 is 2.53 bits per heavy atom. The fourth-order valence-corrected chi connectivity index (χ4v) is 3.93. The highest BCUT2D eigenvalue weighted by Crippen LogP contribution is 2.32. The molecule has 0 aliphatic carbocycles. The number of fused-ring (bicyclic) bond motifs is 1. The van der Waals surface area contributed by atoms with Crippen LogP contribution < -0.4 is 10.6 Å². The largest absolute Gasteiger partial charge is 0.394 e. The number of likely N-dealkylation sites (N-methyl/N-ethyl adjacent to an activating group) is 1. The second-order valence-electron chi connectivity index (χ2n) is 7.81. The summed E-state index contributed by atoms with van der Waals surface area (Å²) in [5.74, 6) is 0.909. The number of ether oxygens (including phenoxy) is 1. The van der Waals surface area contributed by atoms with Gasteiger partial charge >= 0.3 is 0 Å². The Morgan fingerprint density at radius 2 is 1.91 bits per heavy atom. The van der Waals surface area contributed by atoms with Crippen LogP contribution in [0, 0.1) is 0 Å². The number of rotatable bonds is 7. The molecule has 0 spiro atoms. The molecule has 1 aliphatic heterocycles. The Morgan fingerprint density at radius 1 is 1.19 bits per heavy atom. The summed E-state index contributed by atoms with van der Waals surface area (Å²) in [5.41, 5.74) is 8.16. The Bertz CT molecular complexity index is 1040. The molecule has 0 bridgehead atoms. The minimum atomic E-state index is -1.24. The third kappa shape index (κ3) is 4.37. The van der Waals surface area contributed by atoms with Gasteiger partial charge in [0.1, 0.15) is 23.8 Å². The van der Waals surface area contributed by atoms with E-state index in [0.717, 1.165) is 0 Å². The van der Waals surface area contributed by atoms with Crippen LogP contribution >= 0.6 is 12.4 Å². The number of benzene rings is 1. The first-order valence-corrected chi connectivity index (χ1v) is 10.4. The van der Waals surface area contributed by atoms with E-state index in [4.69, 9.17) is 10.5 Å². The summed E-state index contributed by atoms with van der Waals surface area (Å²) in [4.78, 5) is 15.4. The van der Waals surface area contributed by atoms with Gasteiger partial charge in [-0.1, -0.05) is 37.3 Å². The number of halogens is 1. The maximum atomic E-state index is 10.4. The van der Waals surface area contributed by atoms with Crippen molar-refractivity contribution in [1.29, 1.82) is 0 Å². The number of imidazole rings is 1. The highest BCUT2D eigenvalue weighted by Gasteiger charge is 2.44. The molecule has 1 aromatic carbocycles. The molecule has 10 nitrogen and oxygen atoms in total. The molecule has 0 unspecified atom stereocenters. The van der Waals surface area contributed by atoms with Crippen molar-refractivity contribution in [3.63, 3.8) is 0 Å². The number of nitrogens with two attached hydrogens (primary N) is 1. The second kappa shape index (κ2) is 9.97. The van der Waals surface area contributed by atoms with Gasteiger partial charge in [0, 0.05) is 13.1 Å². The predicted molar refractivity (Wildman–Crippen MR) is 123 cm³/mol. The Balaban J connectivity index is 0.00000289. The number of aliphatic hydroxyl groups excluding tert-OH is 3. The average Bonchev–Trinajstić information content (AvgIpc) is 3.33. The highest BCUT2D eigenvalue weighted by atomic mass is 35.5. The molecule has 5 atom stereocenters. The van der Waals surface area contributed by atoms with Crippen molar-refractivity contribution >= 4 is 35.3 Å². The van der Waals surface area contributed by atoms with Crippen LogP contribution in [0.3, 0.4) is 0 Å². The standard InChI is InChI=1S/C21H28N6O4.ClH/c1-3-26(9-12(2)13-7-5-4-6-8-13)21-24-18(22)15-19(25-21)27(11-23-15)20-17(30)16(29)14(10-28)31-20;/h4-8,11-12,14,16-17,20,28-30H,3,9-10H2,1-2H3,(H2,22,24,25);1H/t12-,14-,16-,17-,20-;/m1./s1.